The molecule has 23 heavy (non-hydrogen) atoms. The predicted molar refractivity (Wildman–Crippen MR) is 86.9 cm³/mol. The second-order valence-corrected chi connectivity index (χ2v) is 5.37. The van der Waals surface area contributed by atoms with Crippen molar-refractivity contribution in [1.29, 1.82) is 0 Å². The van der Waals surface area contributed by atoms with Crippen molar-refractivity contribution in [2.24, 2.45) is 10.2 Å². The van der Waals surface area contributed by atoms with Crippen LogP contribution in [0.1, 0.15) is 11.4 Å². The largest absolute Gasteiger partial charge is 0.481 e. The first kappa shape index (κ1) is 15.2. The molecular formula is C16H13ClN4O2. The molecule has 0 radical (unpaired) electrons. The van der Waals surface area contributed by atoms with Gasteiger partial charge in [0.25, 0.3) is 0 Å². The highest BCUT2D eigenvalue weighted by atomic mass is 35.5. The summed E-state index contributed by atoms with van der Waals surface area (Å²) in [7, 11) is 0. The average molecular weight is 329 g/mol. The van der Waals surface area contributed by atoms with Gasteiger partial charge in [0.2, 0.25) is 0 Å². The summed E-state index contributed by atoms with van der Waals surface area (Å²) in [6.45, 7) is 1.90. The minimum atomic E-state index is -0.972. The molecule has 0 saturated carbocycles. The highest BCUT2D eigenvalue weighted by Gasteiger charge is 2.16. The fourth-order valence-electron chi connectivity index (χ4n) is 2.28. The Morgan fingerprint density at radius 3 is 2.74 bits per heavy atom. The van der Waals surface area contributed by atoms with E-state index in [1.54, 1.807) is 34.7 Å². The number of imidazole rings is 1. The molecule has 1 aromatic carbocycles. The fourth-order valence-corrected chi connectivity index (χ4v) is 2.46. The fraction of sp³-hybridized carbons (Fsp3) is 0.125. The van der Waals surface area contributed by atoms with Crippen molar-refractivity contribution in [1.82, 2.24) is 9.38 Å². The zero-order valence-corrected chi connectivity index (χ0v) is 13.0. The number of aromatic nitrogens is 2. The Hall–Kier alpha value is -2.73. The monoisotopic (exact) mass is 328 g/mol. The van der Waals surface area contributed by atoms with Crippen LogP contribution in [-0.2, 0) is 11.2 Å². The van der Waals surface area contributed by atoms with Gasteiger partial charge < -0.3 is 5.11 Å². The molecule has 2 heterocycles. The zero-order valence-electron chi connectivity index (χ0n) is 12.3. The van der Waals surface area contributed by atoms with E-state index in [4.69, 9.17) is 16.7 Å². The third-order valence-corrected chi connectivity index (χ3v) is 3.63. The number of carboxylic acids is 1. The van der Waals surface area contributed by atoms with Gasteiger partial charge in [0.15, 0.2) is 5.82 Å². The van der Waals surface area contributed by atoms with Gasteiger partial charge in [-0.3, -0.25) is 9.20 Å². The lowest BCUT2D eigenvalue weighted by atomic mass is 10.3. The molecule has 7 heteroatoms. The van der Waals surface area contributed by atoms with Gasteiger partial charge in [0.05, 0.1) is 17.1 Å². The van der Waals surface area contributed by atoms with Crippen LogP contribution in [-0.4, -0.2) is 20.5 Å². The van der Waals surface area contributed by atoms with Crippen LogP contribution in [0.25, 0.3) is 5.65 Å². The number of aryl methyl sites for hydroxylation is 1. The highest BCUT2D eigenvalue weighted by molar-refractivity contribution is 6.32. The first-order valence-electron chi connectivity index (χ1n) is 6.91. The van der Waals surface area contributed by atoms with E-state index >= 15 is 0 Å². The minimum absolute atomic E-state index is 0.224. The van der Waals surface area contributed by atoms with Crippen LogP contribution >= 0.6 is 11.6 Å². The van der Waals surface area contributed by atoms with Gasteiger partial charge in [-0.1, -0.05) is 29.8 Å². The number of carbonyl (C=O) groups is 1. The maximum absolute atomic E-state index is 11.1. The molecule has 0 amide bonds. The van der Waals surface area contributed by atoms with Crippen molar-refractivity contribution >= 4 is 34.7 Å². The van der Waals surface area contributed by atoms with Gasteiger partial charge in [0, 0.05) is 5.69 Å². The van der Waals surface area contributed by atoms with E-state index in [-0.39, 0.29) is 6.42 Å². The molecule has 0 aliphatic heterocycles. The van der Waals surface area contributed by atoms with Crippen LogP contribution < -0.4 is 0 Å². The molecule has 0 spiro atoms. The lowest BCUT2D eigenvalue weighted by Gasteiger charge is -2.01. The number of azo groups is 1. The average Bonchev–Trinajstić information content (AvgIpc) is 2.84. The number of pyridine rings is 1. The van der Waals surface area contributed by atoms with Crippen LogP contribution in [0, 0.1) is 6.92 Å². The molecule has 0 aliphatic carbocycles. The predicted octanol–water partition coefficient (Wildman–Crippen LogP) is 4.34. The first-order valence-corrected chi connectivity index (χ1v) is 7.29. The quantitative estimate of drug-likeness (QED) is 0.723. The van der Waals surface area contributed by atoms with Gasteiger partial charge in [-0.15, -0.1) is 10.2 Å². The van der Waals surface area contributed by atoms with Crippen molar-refractivity contribution in [3.05, 3.63) is 58.9 Å². The summed E-state index contributed by atoms with van der Waals surface area (Å²) >= 11 is 6.07. The SMILES string of the molecule is Cc1cccc2nc(CC(=O)O)c(N=Nc3ccccc3Cl)n12. The van der Waals surface area contributed by atoms with E-state index in [9.17, 15) is 4.79 Å². The number of benzene rings is 1. The summed E-state index contributed by atoms with van der Waals surface area (Å²) in [5, 5.41) is 17.9. The maximum Gasteiger partial charge on any atom is 0.309 e. The molecule has 0 fully saturated rings. The summed E-state index contributed by atoms with van der Waals surface area (Å²) in [5.41, 5.74) is 2.40. The van der Waals surface area contributed by atoms with Crippen molar-refractivity contribution < 1.29 is 9.90 Å². The smallest absolute Gasteiger partial charge is 0.309 e. The van der Waals surface area contributed by atoms with Gasteiger partial charge in [-0.2, -0.15) is 0 Å². The van der Waals surface area contributed by atoms with Crippen molar-refractivity contribution in [3.8, 4) is 0 Å². The molecular weight excluding hydrogens is 316 g/mol. The minimum Gasteiger partial charge on any atom is -0.481 e. The Kier molecular flexibility index (Phi) is 4.08. The van der Waals surface area contributed by atoms with Gasteiger partial charge in [-0.05, 0) is 31.2 Å². The molecule has 0 unspecified atom stereocenters. The van der Waals surface area contributed by atoms with Gasteiger partial charge in [-0.25, -0.2) is 4.98 Å². The van der Waals surface area contributed by atoms with Crippen LogP contribution in [0.15, 0.2) is 52.7 Å². The Morgan fingerprint density at radius 1 is 1.22 bits per heavy atom. The van der Waals surface area contributed by atoms with E-state index in [0.29, 0.717) is 27.9 Å². The van der Waals surface area contributed by atoms with Crippen molar-refractivity contribution in [2.75, 3.05) is 0 Å². The number of aliphatic carboxylic acids is 1. The summed E-state index contributed by atoms with van der Waals surface area (Å²) < 4.78 is 1.78. The summed E-state index contributed by atoms with van der Waals surface area (Å²) in [6, 6.07) is 12.6. The highest BCUT2D eigenvalue weighted by Crippen LogP contribution is 2.29. The Labute approximate surface area is 137 Å². The lowest BCUT2D eigenvalue weighted by molar-refractivity contribution is -0.136. The Bertz CT molecular complexity index is 918. The summed E-state index contributed by atoms with van der Waals surface area (Å²) in [4.78, 5) is 15.4. The van der Waals surface area contributed by atoms with E-state index < -0.39 is 5.97 Å². The number of carboxylic acid groups (broad SMARTS) is 1. The molecule has 0 saturated heterocycles. The molecule has 2 aromatic heterocycles. The topological polar surface area (TPSA) is 79.3 Å². The van der Waals surface area contributed by atoms with Gasteiger partial charge in [0.1, 0.15) is 11.3 Å². The van der Waals surface area contributed by atoms with Crippen molar-refractivity contribution in [2.45, 2.75) is 13.3 Å². The first-order chi connectivity index (χ1) is 11.1. The second-order valence-electron chi connectivity index (χ2n) is 4.96. The zero-order chi connectivity index (χ0) is 16.4. The van der Waals surface area contributed by atoms with Crippen LogP contribution in [0.2, 0.25) is 5.02 Å². The summed E-state index contributed by atoms with van der Waals surface area (Å²) in [5.74, 6) is -0.569. The number of nitrogens with zero attached hydrogens (tertiary/aromatic N) is 4. The lowest BCUT2D eigenvalue weighted by Crippen LogP contribution is -2.00. The normalized spacial score (nSPS) is 11.4. The third kappa shape index (κ3) is 3.07. The number of fused-ring (bicyclic) bond motifs is 1. The van der Waals surface area contributed by atoms with Crippen LogP contribution in [0.5, 0.6) is 0 Å². The second kappa shape index (κ2) is 6.18. The van der Waals surface area contributed by atoms with E-state index in [2.05, 4.69) is 15.2 Å². The summed E-state index contributed by atoms with van der Waals surface area (Å²) in [6.07, 6.45) is -0.224. The maximum atomic E-state index is 11.1. The van der Waals surface area contributed by atoms with E-state index in [1.165, 1.54) is 0 Å². The number of hydrogen-bond acceptors (Lipinski definition) is 4. The molecule has 116 valence electrons. The standard InChI is InChI=1S/C16H13ClN4O2/c1-10-5-4-8-14-18-13(9-15(22)23)16(21(10)14)20-19-12-7-3-2-6-11(12)17/h2-8H,9H2,1H3,(H,22,23). The molecule has 0 atom stereocenters. The molecule has 3 rings (SSSR count). The van der Waals surface area contributed by atoms with Crippen LogP contribution in [0.3, 0.4) is 0 Å². The van der Waals surface area contributed by atoms with E-state index in [1.807, 2.05) is 19.1 Å². The third-order valence-electron chi connectivity index (χ3n) is 3.31. The number of rotatable bonds is 4. The Balaban J connectivity index is 2.14. The van der Waals surface area contributed by atoms with Gasteiger partial charge >= 0.3 is 5.97 Å². The number of hydrogen-bond donors (Lipinski definition) is 1. The van der Waals surface area contributed by atoms with Crippen molar-refractivity contribution in [3.63, 3.8) is 0 Å². The Morgan fingerprint density at radius 2 is 2.00 bits per heavy atom. The number of halogens is 1. The molecule has 0 aliphatic rings. The van der Waals surface area contributed by atoms with Crippen LogP contribution in [0.4, 0.5) is 11.5 Å². The molecule has 0 bridgehead atoms. The molecule has 6 nitrogen and oxygen atoms in total. The molecule has 3 aromatic rings. The molecule has 1 N–H and O–H groups in total. The van der Waals surface area contributed by atoms with E-state index in [0.717, 1.165) is 5.69 Å².